The smallest absolute Gasteiger partial charge is 0.258 e. The first kappa shape index (κ1) is 13.4. The minimum absolute atomic E-state index is 0.220. The zero-order valence-corrected chi connectivity index (χ0v) is 9.51. The molecular formula is C9H9N2O5S. The molecule has 1 radical (unpaired) electrons. The summed E-state index contributed by atoms with van der Waals surface area (Å²) in [6.07, 6.45) is 0.366. The maximum atomic E-state index is 10.8. The lowest BCUT2D eigenvalue weighted by Gasteiger charge is -2.02. The van der Waals surface area contributed by atoms with Gasteiger partial charge in [-0.15, -0.1) is 11.8 Å². The van der Waals surface area contributed by atoms with Crippen molar-refractivity contribution < 1.29 is 15.0 Å². The first-order valence-electron chi connectivity index (χ1n) is 4.70. The molecule has 0 saturated carbocycles. The lowest BCUT2D eigenvalue weighted by Crippen LogP contribution is -1.98. The predicted octanol–water partition coefficient (Wildman–Crippen LogP) is 2.42. The van der Waals surface area contributed by atoms with Gasteiger partial charge in [-0.2, -0.15) is 0 Å². The first-order chi connectivity index (χ1) is 8.07. The van der Waals surface area contributed by atoms with Crippen molar-refractivity contribution >= 4 is 23.1 Å². The summed E-state index contributed by atoms with van der Waals surface area (Å²) in [6, 6.07) is 3.93. The molecule has 7 nitrogen and oxygen atoms in total. The highest BCUT2D eigenvalue weighted by Gasteiger charge is 2.27. The van der Waals surface area contributed by atoms with Crippen LogP contribution in [0.4, 0.5) is 11.4 Å². The fourth-order valence-corrected chi connectivity index (χ4v) is 2.17. The predicted molar refractivity (Wildman–Crippen MR) is 60.6 cm³/mol. The second-order valence-corrected chi connectivity index (χ2v) is 4.18. The minimum atomic E-state index is -0.782. The Kier molecular flexibility index (Phi) is 4.85. The maximum absolute atomic E-state index is 10.8. The van der Waals surface area contributed by atoms with Crippen LogP contribution in [0.2, 0.25) is 0 Å². The van der Waals surface area contributed by atoms with Crippen molar-refractivity contribution in [3.8, 4) is 0 Å². The molecule has 0 aliphatic heterocycles. The monoisotopic (exact) mass is 257 g/mol. The molecule has 1 aromatic rings. The van der Waals surface area contributed by atoms with E-state index in [1.54, 1.807) is 0 Å². The SMILES string of the molecule is [O]CCCSc1cccc([N+](=O)[O-])c1[N+](=O)[O-]. The molecule has 0 aromatic heterocycles. The van der Waals surface area contributed by atoms with E-state index in [4.69, 9.17) is 0 Å². The standard InChI is InChI=1S/C9H9N2O5S/c12-5-2-6-17-8-4-1-3-7(10(13)14)9(8)11(15)16/h1,3-4H,2,5-6H2. The van der Waals surface area contributed by atoms with Crippen molar-refractivity contribution in [2.24, 2.45) is 0 Å². The van der Waals surface area contributed by atoms with E-state index in [2.05, 4.69) is 0 Å². The molecule has 0 fully saturated rings. The molecule has 0 aliphatic carbocycles. The van der Waals surface area contributed by atoms with E-state index in [0.29, 0.717) is 12.2 Å². The zero-order valence-electron chi connectivity index (χ0n) is 8.70. The van der Waals surface area contributed by atoms with Crippen molar-refractivity contribution in [3.63, 3.8) is 0 Å². The maximum Gasteiger partial charge on any atom is 0.359 e. The molecule has 0 N–H and O–H groups in total. The molecule has 1 rings (SSSR count). The molecule has 17 heavy (non-hydrogen) atoms. The van der Waals surface area contributed by atoms with E-state index >= 15 is 0 Å². The lowest BCUT2D eigenvalue weighted by molar-refractivity contribution is -0.424. The molecule has 8 heteroatoms. The third-order valence-corrected chi connectivity index (χ3v) is 3.04. The molecule has 0 amide bonds. The van der Waals surface area contributed by atoms with Crippen LogP contribution < -0.4 is 0 Å². The summed E-state index contributed by atoms with van der Waals surface area (Å²) in [5, 5.41) is 31.7. The molecule has 0 aliphatic rings. The second kappa shape index (κ2) is 6.16. The Hall–Kier alpha value is -1.67. The van der Waals surface area contributed by atoms with E-state index in [1.165, 1.54) is 12.1 Å². The van der Waals surface area contributed by atoms with Gasteiger partial charge in [-0.1, -0.05) is 6.07 Å². The molecule has 0 unspecified atom stereocenters. The third kappa shape index (κ3) is 3.40. The Bertz CT molecular complexity index is 437. The van der Waals surface area contributed by atoms with Gasteiger partial charge in [0.05, 0.1) is 21.3 Å². The van der Waals surface area contributed by atoms with E-state index in [9.17, 15) is 25.3 Å². The van der Waals surface area contributed by atoms with E-state index in [0.717, 1.165) is 17.8 Å². The van der Waals surface area contributed by atoms with Gasteiger partial charge in [0.25, 0.3) is 0 Å². The van der Waals surface area contributed by atoms with Crippen molar-refractivity contribution in [1.82, 2.24) is 0 Å². The van der Waals surface area contributed by atoms with Gasteiger partial charge >= 0.3 is 11.4 Å². The second-order valence-electron chi connectivity index (χ2n) is 3.04. The largest absolute Gasteiger partial charge is 0.359 e. The highest BCUT2D eigenvalue weighted by molar-refractivity contribution is 7.99. The summed E-state index contributed by atoms with van der Waals surface area (Å²) in [4.78, 5) is 20.1. The Morgan fingerprint density at radius 3 is 2.41 bits per heavy atom. The Balaban J connectivity index is 3.07. The summed E-state index contributed by atoms with van der Waals surface area (Å²) in [5.41, 5.74) is -1.03. The topological polar surface area (TPSA) is 106 Å². The average Bonchev–Trinajstić information content (AvgIpc) is 2.28. The van der Waals surface area contributed by atoms with Crippen molar-refractivity contribution in [2.75, 3.05) is 12.4 Å². The number of rotatable bonds is 6. The van der Waals surface area contributed by atoms with Gasteiger partial charge in [0.15, 0.2) is 0 Å². The van der Waals surface area contributed by atoms with Gasteiger partial charge < -0.3 is 0 Å². The highest BCUT2D eigenvalue weighted by atomic mass is 32.2. The number of hydrogen-bond acceptors (Lipinski definition) is 5. The number of nitro benzene ring substituents is 2. The highest BCUT2D eigenvalue weighted by Crippen LogP contribution is 2.36. The number of nitrogens with zero attached hydrogens (tertiary/aromatic N) is 2. The van der Waals surface area contributed by atoms with Crippen LogP contribution in [0.25, 0.3) is 0 Å². The molecule has 1 aromatic carbocycles. The van der Waals surface area contributed by atoms with Gasteiger partial charge in [-0.05, 0) is 12.5 Å². The van der Waals surface area contributed by atoms with E-state index < -0.39 is 21.2 Å². The molecule has 0 atom stereocenters. The Morgan fingerprint density at radius 1 is 1.18 bits per heavy atom. The van der Waals surface area contributed by atoms with E-state index in [1.807, 2.05) is 0 Å². The van der Waals surface area contributed by atoms with Crippen molar-refractivity contribution in [2.45, 2.75) is 11.3 Å². The Labute approximate surface area is 101 Å². The van der Waals surface area contributed by atoms with Crippen molar-refractivity contribution in [1.29, 1.82) is 0 Å². The Morgan fingerprint density at radius 2 is 1.88 bits per heavy atom. The van der Waals surface area contributed by atoms with E-state index in [-0.39, 0.29) is 11.5 Å². The molecule has 91 valence electrons. The summed E-state index contributed by atoms with van der Waals surface area (Å²) >= 11 is 1.09. The summed E-state index contributed by atoms with van der Waals surface area (Å²) in [6.45, 7) is -0.268. The molecule has 0 saturated heterocycles. The number of benzene rings is 1. The minimum Gasteiger partial charge on any atom is -0.258 e. The first-order valence-corrected chi connectivity index (χ1v) is 5.69. The fourth-order valence-electron chi connectivity index (χ4n) is 1.20. The number of para-hydroxylation sites is 1. The summed E-state index contributed by atoms with van der Waals surface area (Å²) in [7, 11) is 0. The van der Waals surface area contributed by atoms with Crippen LogP contribution in [-0.4, -0.2) is 22.2 Å². The zero-order chi connectivity index (χ0) is 12.8. The van der Waals surface area contributed by atoms with Crippen LogP contribution in [0.5, 0.6) is 0 Å². The lowest BCUT2D eigenvalue weighted by atomic mass is 10.3. The third-order valence-electron chi connectivity index (χ3n) is 1.90. The van der Waals surface area contributed by atoms with Crippen LogP contribution in [0.3, 0.4) is 0 Å². The van der Waals surface area contributed by atoms with Gasteiger partial charge in [-0.25, -0.2) is 5.11 Å². The normalized spacial score (nSPS) is 10.2. The van der Waals surface area contributed by atoms with Crippen LogP contribution >= 0.6 is 11.8 Å². The van der Waals surface area contributed by atoms with Crippen LogP contribution in [0.1, 0.15) is 6.42 Å². The molecule has 0 heterocycles. The number of hydrogen-bond donors (Lipinski definition) is 0. The van der Waals surface area contributed by atoms with Crippen LogP contribution in [0.15, 0.2) is 23.1 Å². The van der Waals surface area contributed by atoms with Crippen LogP contribution in [0, 0.1) is 20.2 Å². The molecular weight excluding hydrogens is 248 g/mol. The molecule has 0 spiro atoms. The molecule has 0 bridgehead atoms. The van der Waals surface area contributed by atoms with Gasteiger partial charge in [0.2, 0.25) is 0 Å². The summed E-state index contributed by atoms with van der Waals surface area (Å²) in [5.74, 6) is 0.408. The van der Waals surface area contributed by atoms with Gasteiger partial charge in [0.1, 0.15) is 0 Å². The van der Waals surface area contributed by atoms with Gasteiger partial charge in [-0.3, -0.25) is 20.2 Å². The fraction of sp³-hybridized carbons (Fsp3) is 0.333. The van der Waals surface area contributed by atoms with Crippen molar-refractivity contribution in [3.05, 3.63) is 38.4 Å². The van der Waals surface area contributed by atoms with Crippen LogP contribution in [-0.2, 0) is 5.11 Å². The number of nitro groups is 2. The summed E-state index contributed by atoms with van der Waals surface area (Å²) < 4.78 is 0. The van der Waals surface area contributed by atoms with Gasteiger partial charge in [0, 0.05) is 11.8 Å². The number of thioether (sulfide) groups is 1. The quantitative estimate of drug-likeness (QED) is 0.336. The average molecular weight is 257 g/mol.